The number of carbonyl (C=O) groups excluding carboxylic acids is 2. The van der Waals surface area contributed by atoms with Gasteiger partial charge in [-0.05, 0) is 45.4 Å². The minimum Gasteiger partial charge on any atom is -0.497 e. The minimum absolute atomic E-state index is 0.118. The van der Waals surface area contributed by atoms with Crippen LogP contribution in [0.15, 0.2) is 48.5 Å². The zero-order chi connectivity index (χ0) is 23.2. The first-order valence-corrected chi connectivity index (χ1v) is 9.98. The molecule has 0 saturated carbocycles. The summed E-state index contributed by atoms with van der Waals surface area (Å²) in [7, 11) is 1.57. The number of nitro benzene ring substituents is 1. The molecule has 2 rings (SSSR count). The molecule has 2 aromatic carbocycles. The molecule has 0 aromatic heterocycles. The van der Waals surface area contributed by atoms with Crippen molar-refractivity contribution in [3.63, 3.8) is 0 Å². The maximum absolute atomic E-state index is 13.2. The monoisotopic (exact) mass is 427 g/mol. The summed E-state index contributed by atoms with van der Waals surface area (Å²) in [5, 5.41) is 14.2. The van der Waals surface area contributed by atoms with Crippen molar-refractivity contribution in [3.05, 3.63) is 69.8 Å². The van der Waals surface area contributed by atoms with Crippen molar-refractivity contribution in [2.45, 2.75) is 52.2 Å². The standard InChI is InChI=1S/C23H29N3O5/c1-16(22(28)24-23(2,3)4)25(15-17-10-12-19(31-5)13-11-17)21(27)14-18-8-6-7-9-20(18)26(29)30/h6-13,16H,14-15H2,1-5H3,(H,24,28)/t16-/m1/s1. The molecule has 0 heterocycles. The van der Waals surface area contributed by atoms with E-state index < -0.39 is 16.5 Å². The predicted molar refractivity (Wildman–Crippen MR) is 118 cm³/mol. The molecule has 166 valence electrons. The van der Waals surface area contributed by atoms with Gasteiger partial charge in [0.1, 0.15) is 11.8 Å². The second-order valence-corrected chi connectivity index (χ2v) is 8.35. The lowest BCUT2D eigenvalue weighted by Crippen LogP contribution is -2.52. The molecule has 2 amide bonds. The highest BCUT2D eigenvalue weighted by Crippen LogP contribution is 2.21. The molecule has 31 heavy (non-hydrogen) atoms. The van der Waals surface area contributed by atoms with Crippen LogP contribution in [0.2, 0.25) is 0 Å². The second-order valence-electron chi connectivity index (χ2n) is 8.35. The van der Waals surface area contributed by atoms with Gasteiger partial charge in [0.05, 0.1) is 18.5 Å². The summed E-state index contributed by atoms with van der Waals surface area (Å²) in [5.74, 6) is 0.0126. The molecular formula is C23H29N3O5. The molecule has 0 unspecified atom stereocenters. The number of para-hydroxylation sites is 1. The van der Waals surface area contributed by atoms with E-state index in [1.54, 1.807) is 44.4 Å². The first-order chi connectivity index (χ1) is 14.5. The van der Waals surface area contributed by atoms with Crippen molar-refractivity contribution in [2.75, 3.05) is 7.11 Å². The number of benzene rings is 2. The number of hydrogen-bond donors (Lipinski definition) is 1. The molecule has 8 nitrogen and oxygen atoms in total. The third-order valence-corrected chi connectivity index (χ3v) is 4.71. The van der Waals surface area contributed by atoms with E-state index in [4.69, 9.17) is 4.74 Å². The van der Waals surface area contributed by atoms with Crippen LogP contribution >= 0.6 is 0 Å². The summed E-state index contributed by atoms with van der Waals surface area (Å²) in [6, 6.07) is 12.6. The van der Waals surface area contributed by atoms with E-state index in [1.807, 2.05) is 32.9 Å². The van der Waals surface area contributed by atoms with Gasteiger partial charge in [-0.15, -0.1) is 0 Å². The highest BCUT2D eigenvalue weighted by molar-refractivity contribution is 5.88. The molecule has 2 aromatic rings. The minimum atomic E-state index is -0.767. The van der Waals surface area contributed by atoms with E-state index in [0.717, 1.165) is 5.56 Å². The average molecular weight is 428 g/mol. The summed E-state index contributed by atoms with van der Waals surface area (Å²) in [5.41, 5.74) is 0.540. The lowest BCUT2D eigenvalue weighted by molar-refractivity contribution is -0.385. The van der Waals surface area contributed by atoms with Gasteiger partial charge in [-0.25, -0.2) is 0 Å². The molecule has 8 heteroatoms. The molecular weight excluding hydrogens is 398 g/mol. The Kier molecular flexibility index (Phi) is 7.74. The van der Waals surface area contributed by atoms with Crippen molar-refractivity contribution < 1.29 is 19.2 Å². The fraction of sp³-hybridized carbons (Fsp3) is 0.391. The van der Waals surface area contributed by atoms with E-state index >= 15 is 0 Å². The Labute approximate surface area is 182 Å². The Balaban J connectivity index is 2.32. The Morgan fingerprint density at radius 2 is 1.74 bits per heavy atom. The van der Waals surface area contributed by atoms with Crippen LogP contribution in [0.1, 0.15) is 38.8 Å². The predicted octanol–water partition coefficient (Wildman–Crippen LogP) is 3.48. The quantitative estimate of drug-likeness (QED) is 0.513. The number of nitrogens with one attached hydrogen (secondary N) is 1. The normalized spacial score (nSPS) is 12.0. The molecule has 1 N–H and O–H groups in total. The molecule has 1 atom stereocenters. The van der Waals surface area contributed by atoms with Crippen LogP contribution in [0.3, 0.4) is 0 Å². The fourth-order valence-electron chi connectivity index (χ4n) is 3.09. The lowest BCUT2D eigenvalue weighted by Gasteiger charge is -2.31. The highest BCUT2D eigenvalue weighted by Gasteiger charge is 2.29. The van der Waals surface area contributed by atoms with Gasteiger partial charge in [0.2, 0.25) is 11.8 Å². The summed E-state index contributed by atoms with van der Waals surface area (Å²) in [4.78, 5) is 38.3. The van der Waals surface area contributed by atoms with Gasteiger partial charge in [-0.1, -0.05) is 30.3 Å². The number of nitrogens with zero attached hydrogens (tertiary/aromatic N) is 2. The summed E-state index contributed by atoms with van der Waals surface area (Å²) in [6.07, 6.45) is -0.180. The Bertz CT molecular complexity index is 935. The van der Waals surface area contributed by atoms with Crippen molar-refractivity contribution in [3.8, 4) is 5.75 Å². The van der Waals surface area contributed by atoms with Crippen molar-refractivity contribution in [1.29, 1.82) is 0 Å². The van der Waals surface area contributed by atoms with Crippen LogP contribution in [0.5, 0.6) is 5.75 Å². The zero-order valence-electron chi connectivity index (χ0n) is 18.5. The Morgan fingerprint density at radius 3 is 2.29 bits per heavy atom. The first-order valence-electron chi connectivity index (χ1n) is 9.98. The molecule has 0 aliphatic carbocycles. The lowest BCUT2D eigenvalue weighted by atomic mass is 10.1. The number of methoxy groups -OCH3 is 1. The van der Waals surface area contributed by atoms with E-state index in [-0.39, 0.29) is 30.5 Å². The van der Waals surface area contributed by atoms with Gasteiger partial charge < -0.3 is 15.0 Å². The zero-order valence-corrected chi connectivity index (χ0v) is 18.5. The number of ether oxygens (including phenoxy) is 1. The number of amides is 2. The van der Waals surface area contributed by atoms with E-state index in [2.05, 4.69) is 5.32 Å². The summed E-state index contributed by atoms with van der Waals surface area (Å²) < 4.78 is 5.17. The Morgan fingerprint density at radius 1 is 1.13 bits per heavy atom. The van der Waals surface area contributed by atoms with Crippen LogP contribution < -0.4 is 10.1 Å². The molecule has 0 saturated heterocycles. The van der Waals surface area contributed by atoms with Gasteiger partial charge in [-0.2, -0.15) is 0 Å². The van der Waals surface area contributed by atoms with Crippen LogP contribution in [-0.2, 0) is 22.6 Å². The summed E-state index contributed by atoms with van der Waals surface area (Å²) >= 11 is 0. The molecule has 0 bridgehead atoms. The van der Waals surface area contributed by atoms with Gasteiger partial charge in [0.25, 0.3) is 5.69 Å². The van der Waals surface area contributed by atoms with Crippen LogP contribution in [-0.4, -0.2) is 40.3 Å². The second kappa shape index (κ2) is 10.1. The first kappa shape index (κ1) is 23.9. The number of rotatable bonds is 8. The maximum Gasteiger partial charge on any atom is 0.273 e. The summed E-state index contributed by atoms with van der Waals surface area (Å²) in [6.45, 7) is 7.42. The van der Waals surface area contributed by atoms with Crippen molar-refractivity contribution in [1.82, 2.24) is 10.2 Å². The van der Waals surface area contributed by atoms with Gasteiger partial charge in [0, 0.05) is 23.7 Å². The molecule has 0 spiro atoms. The number of nitro groups is 1. The third kappa shape index (κ3) is 6.80. The smallest absolute Gasteiger partial charge is 0.273 e. The fourth-order valence-corrected chi connectivity index (χ4v) is 3.09. The highest BCUT2D eigenvalue weighted by atomic mass is 16.6. The molecule has 0 radical (unpaired) electrons. The number of hydrogen-bond acceptors (Lipinski definition) is 5. The van der Waals surface area contributed by atoms with Crippen LogP contribution in [0.25, 0.3) is 0 Å². The largest absolute Gasteiger partial charge is 0.497 e. The van der Waals surface area contributed by atoms with Crippen molar-refractivity contribution in [2.24, 2.45) is 0 Å². The molecule has 0 aliphatic rings. The Hall–Kier alpha value is -3.42. The van der Waals surface area contributed by atoms with E-state index in [1.165, 1.54) is 11.0 Å². The van der Waals surface area contributed by atoms with Crippen LogP contribution in [0, 0.1) is 10.1 Å². The SMILES string of the molecule is COc1ccc(CN(C(=O)Cc2ccccc2[N+](=O)[O-])[C@H](C)C(=O)NC(C)(C)C)cc1. The van der Waals surface area contributed by atoms with Gasteiger partial charge in [-0.3, -0.25) is 19.7 Å². The van der Waals surface area contributed by atoms with E-state index in [9.17, 15) is 19.7 Å². The van der Waals surface area contributed by atoms with E-state index in [0.29, 0.717) is 11.3 Å². The maximum atomic E-state index is 13.2. The van der Waals surface area contributed by atoms with Crippen LogP contribution in [0.4, 0.5) is 5.69 Å². The third-order valence-electron chi connectivity index (χ3n) is 4.71. The van der Waals surface area contributed by atoms with Crippen molar-refractivity contribution >= 4 is 17.5 Å². The van der Waals surface area contributed by atoms with Gasteiger partial charge >= 0.3 is 0 Å². The topological polar surface area (TPSA) is 102 Å². The number of carbonyl (C=O) groups is 2. The van der Waals surface area contributed by atoms with Gasteiger partial charge in [0.15, 0.2) is 0 Å². The average Bonchev–Trinajstić information content (AvgIpc) is 2.70. The molecule has 0 aliphatic heterocycles. The molecule has 0 fully saturated rings.